The molecule has 0 atom stereocenters. The molecule has 17 heavy (non-hydrogen) atoms. The minimum Gasteiger partial charge on any atom is -0.252 e. The lowest BCUT2D eigenvalue weighted by atomic mass is 10.3. The van der Waals surface area contributed by atoms with Crippen LogP contribution in [0.1, 0.15) is 0 Å². The Morgan fingerprint density at radius 2 is 2.24 bits per heavy atom. The van der Waals surface area contributed by atoms with E-state index in [0.29, 0.717) is 18.9 Å². The normalized spacial score (nSPS) is 15.2. The van der Waals surface area contributed by atoms with E-state index in [1.165, 1.54) is 10.6 Å². The molecule has 1 aliphatic rings. The van der Waals surface area contributed by atoms with Crippen LogP contribution >= 0.6 is 11.3 Å². The van der Waals surface area contributed by atoms with Gasteiger partial charge in [0.2, 0.25) is 10.0 Å². The molecule has 0 aliphatic carbocycles. The molecule has 2 aromatic rings. The average Bonchev–Trinajstić information content (AvgIpc) is 2.90. The summed E-state index contributed by atoms with van der Waals surface area (Å²) >= 11 is 1.60. The number of nitrogens with zero attached hydrogens (tertiary/aromatic N) is 3. The highest BCUT2D eigenvalue weighted by Crippen LogP contribution is 2.31. The lowest BCUT2D eigenvalue weighted by Gasteiger charge is -2.12. The fraction of sp³-hybridized carbons (Fsp3) is 0.300. The summed E-state index contributed by atoms with van der Waals surface area (Å²) in [4.78, 5) is 1.06. The van der Waals surface area contributed by atoms with Gasteiger partial charge in [-0.25, -0.2) is 13.1 Å². The van der Waals surface area contributed by atoms with Crippen molar-refractivity contribution in [2.45, 2.75) is 6.54 Å². The Morgan fingerprint density at radius 1 is 1.41 bits per heavy atom. The summed E-state index contributed by atoms with van der Waals surface area (Å²) in [6, 6.07) is 5.77. The number of anilines is 1. The summed E-state index contributed by atoms with van der Waals surface area (Å²) < 4.78 is 26.3. The first kappa shape index (κ1) is 10.8. The van der Waals surface area contributed by atoms with Crippen molar-refractivity contribution < 1.29 is 8.42 Å². The van der Waals surface area contributed by atoms with Crippen LogP contribution in [0.4, 0.5) is 5.82 Å². The van der Waals surface area contributed by atoms with Crippen LogP contribution < -0.4 is 4.31 Å². The molecule has 0 radical (unpaired) electrons. The molecule has 0 amide bonds. The van der Waals surface area contributed by atoms with E-state index in [0.717, 1.165) is 10.6 Å². The average molecular weight is 269 g/mol. The van der Waals surface area contributed by atoms with E-state index >= 15 is 0 Å². The van der Waals surface area contributed by atoms with Gasteiger partial charge in [-0.15, -0.1) is 11.3 Å². The molecular formula is C10H11N3O2S2. The Hall–Kier alpha value is -1.34. The van der Waals surface area contributed by atoms with Crippen LogP contribution in [0, 0.1) is 0 Å². The van der Waals surface area contributed by atoms with Crippen LogP contribution in [0.2, 0.25) is 0 Å². The summed E-state index contributed by atoms with van der Waals surface area (Å²) in [5.74, 6) is 0.663. The number of fused-ring (bicyclic) bond motifs is 1. The molecule has 7 heteroatoms. The summed E-state index contributed by atoms with van der Waals surface area (Å²) in [5.41, 5.74) is 0.836. The topological polar surface area (TPSA) is 55.2 Å². The highest BCUT2D eigenvalue weighted by Gasteiger charge is 2.28. The van der Waals surface area contributed by atoms with Crippen molar-refractivity contribution in [2.75, 3.05) is 17.1 Å². The summed E-state index contributed by atoms with van der Waals surface area (Å²) in [7, 11) is -3.20. The molecule has 3 heterocycles. The molecule has 0 spiro atoms. The van der Waals surface area contributed by atoms with E-state index in [9.17, 15) is 8.42 Å². The predicted molar refractivity (Wildman–Crippen MR) is 67.7 cm³/mol. The van der Waals surface area contributed by atoms with Crippen LogP contribution in [-0.2, 0) is 16.6 Å². The van der Waals surface area contributed by atoms with Gasteiger partial charge in [0.1, 0.15) is 11.5 Å². The Labute approximate surface area is 103 Å². The Kier molecular flexibility index (Phi) is 2.27. The highest BCUT2D eigenvalue weighted by atomic mass is 32.2. The molecular weight excluding hydrogens is 258 g/mol. The van der Waals surface area contributed by atoms with Crippen LogP contribution in [0.15, 0.2) is 23.6 Å². The maximum atomic E-state index is 11.6. The first-order valence-corrected chi connectivity index (χ1v) is 7.88. The van der Waals surface area contributed by atoms with Gasteiger partial charge in [0.25, 0.3) is 0 Å². The molecule has 90 valence electrons. The maximum absolute atomic E-state index is 11.6. The Bertz CT molecular complexity index is 643. The fourth-order valence-electron chi connectivity index (χ4n) is 1.95. The van der Waals surface area contributed by atoms with Crippen molar-refractivity contribution in [3.8, 4) is 10.6 Å². The maximum Gasteiger partial charge on any atom is 0.233 e. The molecule has 1 aliphatic heterocycles. The molecule has 0 bridgehead atoms. The van der Waals surface area contributed by atoms with Gasteiger partial charge in [0.15, 0.2) is 0 Å². The molecule has 0 aromatic carbocycles. The number of aromatic nitrogens is 2. The zero-order valence-corrected chi connectivity index (χ0v) is 10.8. The summed E-state index contributed by atoms with van der Waals surface area (Å²) in [6.45, 7) is 1.10. The lowest BCUT2D eigenvalue weighted by Crippen LogP contribution is -2.27. The van der Waals surface area contributed by atoms with E-state index in [-0.39, 0.29) is 0 Å². The number of hydrogen-bond donors (Lipinski definition) is 0. The predicted octanol–water partition coefficient (Wildman–Crippen LogP) is 1.39. The monoisotopic (exact) mass is 269 g/mol. The van der Waals surface area contributed by atoms with Gasteiger partial charge >= 0.3 is 0 Å². The van der Waals surface area contributed by atoms with Crippen LogP contribution in [0.25, 0.3) is 10.6 Å². The molecule has 0 N–H and O–H groups in total. The largest absolute Gasteiger partial charge is 0.252 e. The first-order valence-electron chi connectivity index (χ1n) is 5.15. The van der Waals surface area contributed by atoms with E-state index in [1.54, 1.807) is 16.0 Å². The van der Waals surface area contributed by atoms with Crippen molar-refractivity contribution in [3.63, 3.8) is 0 Å². The van der Waals surface area contributed by atoms with E-state index in [1.807, 2.05) is 23.6 Å². The number of hydrogen-bond acceptors (Lipinski definition) is 4. The third-order valence-electron chi connectivity index (χ3n) is 2.70. The first-order chi connectivity index (χ1) is 8.05. The van der Waals surface area contributed by atoms with Gasteiger partial charge < -0.3 is 0 Å². The second-order valence-electron chi connectivity index (χ2n) is 3.92. The van der Waals surface area contributed by atoms with Crippen molar-refractivity contribution in [1.29, 1.82) is 0 Å². The van der Waals surface area contributed by atoms with Crippen molar-refractivity contribution in [2.24, 2.45) is 0 Å². The minimum absolute atomic E-state index is 0.478. The van der Waals surface area contributed by atoms with Gasteiger partial charge in [0.05, 0.1) is 24.2 Å². The van der Waals surface area contributed by atoms with Crippen molar-refractivity contribution >= 4 is 27.2 Å². The van der Waals surface area contributed by atoms with Gasteiger partial charge in [-0.1, -0.05) is 6.07 Å². The number of sulfonamides is 1. The minimum atomic E-state index is -3.20. The van der Waals surface area contributed by atoms with E-state index in [2.05, 4.69) is 5.10 Å². The van der Waals surface area contributed by atoms with E-state index < -0.39 is 10.0 Å². The van der Waals surface area contributed by atoms with Crippen molar-refractivity contribution in [1.82, 2.24) is 9.78 Å². The Balaban J connectivity index is 2.06. The quantitative estimate of drug-likeness (QED) is 0.828. The second-order valence-corrected chi connectivity index (χ2v) is 6.78. The Morgan fingerprint density at radius 3 is 2.88 bits per heavy atom. The second kappa shape index (κ2) is 3.58. The van der Waals surface area contributed by atoms with Crippen LogP contribution in [0.5, 0.6) is 0 Å². The van der Waals surface area contributed by atoms with Gasteiger partial charge in [0, 0.05) is 6.07 Å². The highest BCUT2D eigenvalue weighted by molar-refractivity contribution is 7.92. The van der Waals surface area contributed by atoms with Crippen LogP contribution in [0.3, 0.4) is 0 Å². The molecule has 5 nitrogen and oxygen atoms in total. The standard InChI is InChI=1S/C10H11N3O2S2/c1-17(14,15)13-5-4-12-10(13)7-8(11-12)9-3-2-6-16-9/h2-3,6-7H,4-5H2,1H3. The number of rotatable bonds is 2. The third-order valence-corrected chi connectivity index (χ3v) is 4.77. The molecule has 2 aromatic heterocycles. The summed E-state index contributed by atoms with van der Waals surface area (Å²) in [5, 5.41) is 6.40. The zero-order valence-electron chi connectivity index (χ0n) is 9.20. The van der Waals surface area contributed by atoms with E-state index in [4.69, 9.17) is 0 Å². The number of thiophene rings is 1. The van der Waals surface area contributed by atoms with Crippen LogP contribution in [-0.4, -0.2) is 31.0 Å². The molecule has 0 saturated heterocycles. The lowest BCUT2D eigenvalue weighted by molar-refractivity contribution is 0.597. The molecule has 0 fully saturated rings. The smallest absolute Gasteiger partial charge is 0.233 e. The SMILES string of the molecule is CS(=O)(=O)N1CCn2nc(-c3cccs3)cc21. The third kappa shape index (κ3) is 1.75. The van der Waals surface area contributed by atoms with Crippen molar-refractivity contribution in [3.05, 3.63) is 23.6 Å². The van der Waals surface area contributed by atoms with Gasteiger partial charge in [-0.3, -0.25) is 4.31 Å². The molecule has 0 saturated carbocycles. The fourth-order valence-corrected chi connectivity index (χ4v) is 3.53. The van der Waals surface area contributed by atoms with Gasteiger partial charge in [-0.05, 0) is 11.4 Å². The molecule has 0 unspecified atom stereocenters. The zero-order chi connectivity index (χ0) is 12.0. The molecule has 3 rings (SSSR count). The van der Waals surface area contributed by atoms with Gasteiger partial charge in [-0.2, -0.15) is 5.10 Å². The summed E-state index contributed by atoms with van der Waals surface area (Å²) in [6.07, 6.45) is 1.22.